The molecule has 1 amide bonds. The highest BCUT2D eigenvalue weighted by Gasteiger charge is 2.22. The second-order valence-electron chi connectivity index (χ2n) is 5.64. The van der Waals surface area contributed by atoms with Crippen molar-refractivity contribution in [3.8, 4) is 11.5 Å². The summed E-state index contributed by atoms with van der Waals surface area (Å²) in [4.78, 5) is 12.4. The van der Waals surface area contributed by atoms with Gasteiger partial charge in [0, 0.05) is 16.2 Å². The molecule has 2 aromatic rings. The van der Waals surface area contributed by atoms with Gasteiger partial charge in [0.1, 0.15) is 13.2 Å². The minimum absolute atomic E-state index is 0.0830. The first kappa shape index (κ1) is 18.7. The standard InChI is InChI=1S/C17H17BrN2O5S/c1-11(20-26(22,23)14-5-2-12(18)3-6-14)17(21)19-13-4-7-15-16(10-13)25-9-8-24-15/h2-7,10-11,20H,8-9H2,1H3,(H,19,21). The smallest absolute Gasteiger partial charge is 0.242 e. The van der Waals surface area contributed by atoms with Gasteiger partial charge in [-0.15, -0.1) is 0 Å². The van der Waals surface area contributed by atoms with Gasteiger partial charge in [-0.3, -0.25) is 4.79 Å². The molecule has 0 spiro atoms. The van der Waals surface area contributed by atoms with E-state index in [9.17, 15) is 13.2 Å². The number of hydrogen-bond acceptors (Lipinski definition) is 5. The summed E-state index contributed by atoms with van der Waals surface area (Å²) in [6.45, 7) is 2.39. The Labute approximate surface area is 159 Å². The lowest BCUT2D eigenvalue weighted by molar-refractivity contribution is -0.117. The third-order valence-corrected chi connectivity index (χ3v) is 5.74. The summed E-state index contributed by atoms with van der Waals surface area (Å²) < 4.78 is 38.7. The molecule has 0 saturated carbocycles. The molecule has 1 heterocycles. The maximum Gasteiger partial charge on any atom is 0.242 e. The fourth-order valence-corrected chi connectivity index (χ4v) is 3.81. The van der Waals surface area contributed by atoms with Crippen LogP contribution >= 0.6 is 15.9 Å². The fraction of sp³-hybridized carbons (Fsp3) is 0.235. The van der Waals surface area contributed by atoms with Crippen molar-refractivity contribution in [3.05, 3.63) is 46.9 Å². The van der Waals surface area contributed by atoms with Crippen LogP contribution in [0.3, 0.4) is 0 Å². The van der Waals surface area contributed by atoms with Gasteiger partial charge in [0.25, 0.3) is 0 Å². The number of carbonyl (C=O) groups is 1. The van der Waals surface area contributed by atoms with Crippen LogP contribution in [0.4, 0.5) is 5.69 Å². The van der Waals surface area contributed by atoms with Gasteiger partial charge in [0.2, 0.25) is 15.9 Å². The molecule has 0 fully saturated rings. The molecule has 1 aliphatic heterocycles. The number of halogens is 1. The summed E-state index contributed by atoms with van der Waals surface area (Å²) in [5, 5.41) is 2.67. The molecule has 7 nitrogen and oxygen atoms in total. The highest BCUT2D eigenvalue weighted by molar-refractivity contribution is 9.10. The first-order chi connectivity index (χ1) is 12.3. The van der Waals surface area contributed by atoms with Crippen LogP contribution in [0.15, 0.2) is 51.8 Å². The molecule has 0 bridgehead atoms. The molecule has 138 valence electrons. The van der Waals surface area contributed by atoms with Crippen LogP contribution in [0.1, 0.15) is 6.92 Å². The first-order valence-corrected chi connectivity index (χ1v) is 10.1. The number of hydrogen-bond donors (Lipinski definition) is 2. The third-order valence-electron chi connectivity index (χ3n) is 3.66. The average Bonchev–Trinajstić information content (AvgIpc) is 2.61. The number of sulfonamides is 1. The number of rotatable bonds is 5. The van der Waals surface area contributed by atoms with Gasteiger partial charge in [-0.1, -0.05) is 15.9 Å². The molecular weight excluding hydrogens is 424 g/mol. The maximum absolute atomic E-state index is 12.4. The van der Waals surface area contributed by atoms with Crippen molar-refractivity contribution in [2.24, 2.45) is 0 Å². The van der Waals surface area contributed by atoms with Crippen molar-refractivity contribution in [1.82, 2.24) is 4.72 Å². The SMILES string of the molecule is CC(NS(=O)(=O)c1ccc(Br)cc1)C(=O)Nc1ccc2c(c1)OCCO2. The lowest BCUT2D eigenvalue weighted by atomic mass is 10.2. The number of ether oxygens (including phenoxy) is 2. The Morgan fingerprint density at radius 3 is 2.42 bits per heavy atom. The summed E-state index contributed by atoms with van der Waals surface area (Å²) in [5.41, 5.74) is 0.494. The zero-order valence-corrected chi connectivity index (χ0v) is 16.3. The monoisotopic (exact) mass is 440 g/mol. The first-order valence-electron chi connectivity index (χ1n) is 7.83. The lowest BCUT2D eigenvalue weighted by Gasteiger charge is -2.19. The normalized spacial score (nSPS) is 14.5. The summed E-state index contributed by atoms with van der Waals surface area (Å²) >= 11 is 3.25. The predicted octanol–water partition coefficient (Wildman–Crippen LogP) is 2.53. The summed E-state index contributed by atoms with van der Waals surface area (Å²) in [7, 11) is -3.80. The zero-order chi connectivity index (χ0) is 18.7. The van der Waals surface area contributed by atoms with Gasteiger partial charge < -0.3 is 14.8 Å². The number of nitrogens with one attached hydrogen (secondary N) is 2. The van der Waals surface area contributed by atoms with Crippen molar-refractivity contribution < 1.29 is 22.7 Å². The van der Waals surface area contributed by atoms with E-state index in [1.165, 1.54) is 19.1 Å². The Morgan fingerprint density at radius 1 is 1.08 bits per heavy atom. The van der Waals surface area contributed by atoms with E-state index in [2.05, 4.69) is 26.0 Å². The second-order valence-corrected chi connectivity index (χ2v) is 8.27. The van der Waals surface area contributed by atoms with Crippen LogP contribution in [0.2, 0.25) is 0 Å². The van der Waals surface area contributed by atoms with E-state index in [0.717, 1.165) is 4.47 Å². The van der Waals surface area contributed by atoms with E-state index >= 15 is 0 Å². The van der Waals surface area contributed by atoms with Gasteiger partial charge in [-0.05, 0) is 43.3 Å². The van der Waals surface area contributed by atoms with Gasteiger partial charge in [-0.2, -0.15) is 4.72 Å². The van der Waals surface area contributed by atoms with E-state index in [4.69, 9.17) is 9.47 Å². The van der Waals surface area contributed by atoms with Crippen LogP contribution in [0.25, 0.3) is 0 Å². The van der Waals surface area contributed by atoms with Gasteiger partial charge >= 0.3 is 0 Å². The quantitative estimate of drug-likeness (QED) is 0.744. The van der Waals surface area contributed by atoms with E-state index in [1.54, 1.807) is 30.3 Å². The van der Waals surface area contributed by atoms with Crippen LogP contribution in [0.5, 0.6) is 11.5 Å². The molecule has 26 heavy (non-hydrogen) atoms. The number of benzene rings is 2. The highest BCUT2D eigenvalue weighted by Crippen LogP contribution is 2.32. The van der Waals surface area contributed by atoms with E-state index in [-0.39, 0.29) is 4.90 Å². The Bertz CT molecular complexity index is 915. The zero-order valence-electron chi connectivity index (χ0n) is 13.9. The number of anilines is 1. The van der Waals surface area contributed by atoms with Gasteiger partial charge in [0.15, 0.2) is 11.5 Å². The molecule has 1 atom stereocenters. The van der Waals surface area contributed by atoms with Crippen molar-refractivity contribution in [2.75, 3.05) is 18.5 Å². The van der Waals surface area contributed by atoms with E-state index in [0.29, 0.717) is 30.4 Å². The lowest BCUT2D eigenvalue weighted by Crippen LogP contribution is -2.41. The number of carbonyl (C=O) groups excluding carboxylic acids is 1. The van der Waals surface area contributed by atoms with Crippen molar-refractivity contribution in [3.63, 3.8) is 0 Å². The van der Waals surface area contributed by atoms with Gasteiger partial charge in [-0.25, -0.2) is 8.42 Å². The fourth-order valence-electron chi connectivity index (χ4n) is 2.34. The summed E-state index contributed by atoms with van der Waals surface area (Å²) in [5.74, 6) is 0.665. The molecule has 9 heteroatoms. The van der Waals surface area contributed by atoms with Crippen LogP contribution in [-0.2, 0) is 14.8 Å². The molecule has 2 N–H and O–H groups in total. The topological polar surface area (TPSA) is 93.7 Å². The summed E-state index contributed by atoms with van der Waals surface area (Å²) in [6.07, 6.45) is 0. The number of fused-ring (bicyclic) bond motifs is 1. The second kappa shape index (κ2) is 7.65. The van der Waals surface area contributed by atoms with Crippen LogP contribution < -0.4 is 19.5 Å². The van der Waals surface area contributed by atoms with Crippen LogP contribution in [-0.4, -0.2) is 33.6 Å². The molecule has 0 aliphatic carbocycles. The van der Waals surface area contributed by atoms with E-state index < -0.39 is 22.0 Å². The maximum atomic E-state index is 12.4. The third kappa shape index (κ3) is 4.35. The largest absolute Gasteiger partial charge is 0.486 e. The Hall–Kier alpha value is -2.10. The van der Waals surface area contributed by atoms with Crippen molar-refractivity contribution >= 4 is 37.5 Å². The molecule has 0 saturated heterocycles. The van der Waals surface area contributed by atoms with Crippen LogP contribution in [0, 0.1) is 0 Å². The van der Waals surface area contributed by atoms with Crippen molar-refractivity contribution in [1.29, 1.82) is 0 Å². The Morgan fingerprint density at radius 2 is 1.73 bits per heavy atom. The minimum Gasteiger partial charge on any atom is -0.486 e. The molecule has 0 radical (unpaired) electrons. The molecule has 2 aromatic carbocycles. The average molecular weight is 441 g/mol. The summed E-state index contributed by atoms with van der Waals surface area (Å²) in [6, 6.07) is 10.2. The highest BCUT2D eigenvalue weighted by atomic mass is 79.9. The molecule has 3 rings (SSSR count). The Balaban J connectivity index is 1.67. The Kier molecular flexibility index (Phi) is 5.49. The molecule has 0 aromatic heterocycles. The van der Waals surface area contributed by atoms with Crippen molar-refractivity contribution in [2.45, 2.75) is 17.9 Å². The number of amides is 1. The molecular formula is C17H17BrN2O5S. The predicted molar refractivity (Wildman–Crippen MR) is 100.0 cm³/mol. The molecule has 1 unspecified atom stereocenters. The molecule has 1 aliphatic rings. The minimum atomic E-state index is -3.80. The van der Waals surface area contributed by atoms with E-state index in [1.807, 2.05) is 0 Å². The van der Waals surface area contributed by atoms with Gasteiger partial charge in [0.05, 0.1) is 10.9 Å².